The fraction of sp³-hybridized carbons (Fsp3) is 1.00. The fourth-order valence-electron chi connectivity index (χ4n) is 2.13. The zero-order valence-electron chi connectivity index (χ0n) is 9.99. The predicted molar refractivity (Wildman–Crippen MR) is 68.8 cm³/mol. The van der Waals surface area contributed by atoms with E-state index in [-0.39, 0.29) is 5.75 Å². The van der Waals surface area contributed by atoms with Gasteiger partial charge in [0.25, 0.3) is 0 Å². The number of likely N-dealkylation sites (tertiary alicyclic amines) is 1. The molecule has 0 aromatic carbocycles. The van der Waals surface area contributed by atoms with Crippen LogP contribution in [0.1, 0.15) is 26.2 Å². The molecule has 0 bridgehead atoms. The van der Waals surface area contributed by atoms with Gasteiger partial charge in [0, 0.05) is 18.2 Å². The Hall–Kier alpha value is 0.200. The van der Waals surface area contributed by atoms with Crippen LogP contribution in [0.4, 0.5) is 0 Å². The molecule has 16 heavy (non-hydrogen) atoms. The summed E-state index contributed by atoms with van der Waals surface area (Å²) in [5.74, 6) is 1.91. The summed E-state index contributed by atoms with van der Waals surface area (Å²) in [5.41, 5.74) is 0. The van der Waals surface area contributed by atoms with Crippen LogP contribution in [-0.4, -0.2) is 50.3 Å². The number of hydrogen-bond donors (Lipinski definition) is 0. The molecule has 0 aliphatic carbocycles. The molecular weight excluding hydrogens is 246 g/mol. The minimum Gasteiger partial charge on any atom is -0.303 e. The molecule has 0 aromatic rings. The quantitative estimate of drug-likeness (QED) is 0.689. The maximum Gasteiger partial charge on any atom is 0.150 e. The molecule has 0 radical (unpaired) electrons. The highest BCUT2D eigenvalue weighted by atomic mass is 35.5. The van der Waals surface area contributed by atoms with E-state index in [1.807, 2.05) is 0 Å². The highest BCUT2D eigenvalue weighted by molar-refractivity contribution is 7.91. The molecule has 0 aromatic heterocycles. The second-order valence-electron chi connectivity index (χ2n) is 4.55. The lowest BCUT2D eigenvalue weighted by Gasteiger charge is -2.31. The number of halogens is 1. The first kappa shape index (κ1) is 14.3. The van der Waals surface area contributed by atoms with Crippen molar-refractivity contribution >= 4 is 21.4 Å². The monoisotopic (exact) mass is 267 g/mol. The van der Waals surface area contributed by atoms with Gasteiger partial charge in [0.2, 0.25) is 0 Å². The van der Waals surface area contributed by atoms with Crippen LogP contribution in [0, 0.1) is 5.92 Å². The van der Waals surface area contributed by atoms with Gasteiger partial charge >= 0.3 is 0 Å². The molecule has 0 spiro atoms. The number of alkyl halides is 1. The molecule has 3 nitrogen and oxygen atoms in total. The summed E-state index contributed by atoms with van der Waals surface area (Å²) < 4.78 is 22.6. The Morgan fingerprint density at radius 3 is 2.81 bits per heavy atom. The van der Waals surface area contributed by atoms with Crippen LogP contribution in [-0.2, 0) is 9.84 Å². The molecule has 1 rings (SSSR count). The van der Waals surface area contributed by atoms with Crippen molar-refractivity contribution in [1.29, 1.82) is 0 Å². The largest absolute Gasteiger partial charge is 0.303 e. The maximum absolute atomic E-state index is 11.3. The van der Waals surface area contributed by atoms with Crippen LogP contribution in [0.15, 0.2) is 0 Å². The van der Waals surface area contributed by atoms with Crippen molar-refractivity contribution in [2.24, 2.45) is 5.92 Å². The van der Waals surface area contributed by atoms with Gasteiger partial charge in [-0.05, 0) is 38.3 Å². The summed E-state index contributed by atoms with van der Waals surface area (Å²) in [6, 6.07) is 0. The van der Waals surface area contributed by atoms with Crippen LogP contribution < -0.4 is 0 Å². The Morgan fingerprint density at radius 2 is 2.19 bits per heavy atom. The van der Waals surface area contributed by atoms with Crippen molar-refractivity contribution in [3.63, 3.8) is 0 Å². The molecule has 1 unspecified atom stereocenters. The summed E-state index contributed by atoms with van der Waals surface area (Å²) in [5, 5.41) is 0. The lowest BCUT2D eigenvalue weighted by atomic mass is 10.00. The third-order valence-corrected chi connectivity index (χ3v) is 5.42. The van der Waals surface area contributed by atoms with Crippen molar-refractivity contribution in [3.8, 4) is 0 Å². The zero-order valence-corrected chi connectivity index (χ0v) is 11.6. The Labute approximate surface area is 104 Å². The van der Waals surface area contributed by atoms with Crippen LogP contribution in [0.25, 0.3) is 0 Å². The van der Waals surface area contributed by atoms with Gasteiger partial charge in [0.15, 0.2) is 0 Å². The van der Waals surface area contributed by atoms with E-state index in [9.17, 15) is 8.42 Å². The van der Waals surface area contributed by atoms with Crippen LogP contribution in [0.2, 0.25) is 0 Å². The predicted octanol–water partition coefficient (Wildman–Crippen LogP) is 1.76. The first-order valence-corrected chi connectivity index (χ1v) is 8.41. The van der Waals surface area contributed by atoms with E-state index in [1.54, 1.807) is 6.92 Å². The number of piperidine rings is 1. The van der Waals surface area contributed by atoms with E-state index in [2.05, 4.69) is 4.90 Å². The van der Waals surface area contributed by atoms with Gasteiger partial charge in [0.1, 0.15) is 9.84 Å². The SMILES string of the molecule is CCS(=O)(=O)CCCN1CCCC(CCl)C1. The molecule has 1 aliphatic heterocycles. The summed E-state index contributed by atoms with van der Waals surface area (Å²) in [4.78, 5) is 2.35. The van der Waals surface area contributed by atoms with Crippen molar-refractivity contribution in [3.05, 3.63) is 0 Å². The lowest BCUT2D eigenvalue weighted by molar-refractivity contribution is 0.186. The van der Waals surface area contributed by atoms with Gasteiger partial charge in [0.05, 0.1) is 5.75 Å². The highest BCUT2D eigenvalue weighted by Crippen LogP contribution is 2.17. The molecule has 1 heterocycles. The molecule has 0 N–H and O–H groups in total. The fourth-order valence-corrected chi connectivity index (χ4v) is 3.24. The Bertz CT molecular complexity index is 292. The average Bonchev–Trinajstić information content (AvgIpc) is 2.29. The van der Waals surface area contributed by atoms with Gasteiger partial charge in [-0.3, -0.25) is 0 Å². The topological polar surface area (TPSA) is 37.4 Å². The second kappa shape index (κ2) is 6.82. The number of rotatable bonds is 6. The molecule has 0 saturated carbocycles. The van der Waals surface area contributed by atoms with Crippen LogP contribution in [0.3, 0.4) is 0 Å². The van der Waals surface area contributed by atoms with Crippen molar-refractivity contribution in [2.45, 2.75) is 26.2 Å². The molecule has 96 valence electrons. The summed E-state index contributed by atoms with van der Waals surface area (Å²) in [6.45, 7) is 4.74. The minimum atomic E-state index is -2.79. The van der Waals surface area contributed by atoms with Crippen molar-refractivity contribution in [1.82, 2.24) is 4.90 Å². The molecular formula is C11H22ClNO2S. The molecule has 5 heteroatoms. The molecule has 1 fully saturated rings. The van der Waals surface area contributed by atoms with Gasteiger partial charge in [-0.1, -0.05) is 6.92 Å². The first-order valence-electron chi connectivity index (χ1n) is 6.06. The molecule has 1 saturated heterocycles. The van der Waals surface area contributed by atoms with Gasteiger partial charge < -0.3 is 4.90 Å². The Morgan fingerprint density at radius 1 is 1.44 bits per heavy atom. The molecule has 0 amide bonds. The summed E-state index contributed by atoms with van der Waals surface area (Å²) >= 11 is 5.85. The number of sulfone groups is 1. The van der Waals surface area contributed by atoms with Gasteiger partial charge in [-0.2, -0.15) is 0 Å². The highest BCUT2D eigenvalue weighted by Gasteiger charge is 2.19. The van der Waals surface area contributed by atoms with Crippen LogP contribution in [0.5, 0.6) is 0 Å². The minimum absolute atomic E-state index is 0.261. The van der Waals surface area contributed by atoms with Crippen LogP contribution >= 0.6 is 11.6 Å². The third kappa shape index (κ3) is 5.02. The van der Waals surface area contributed by atoms with E-state index in [0.717, 1.165) is 31.9 Å². The van der Waals surface area contributed by atoms with E-state index < -0.39 is 9.84 Å². The normalized spacial score (nSPS) is 23.5. The average molecular weight is 268 g/mol. The standard InChI is InChI=1S/C11H22ClNO2S/c1-2-16(14,15)8-4-7-13-6-3-5-11(9-12)10-13/h11H,2-10H2,1H3. The van der Waals surface area contributed by atoms with E-state index in [1.165, 1.54) is 12.8 Å². The van der Waals surface area contributed by atoms with Crippen molar-refractivity contribution in [2.75, 3.05) is 37.0 Å². The van der Waals surface area contributed by atoms with Gasteiger partial charge in [-0.25, -0.2) is 8.42 Å². The van der Waals surface area contributed by atoms with E-state index >= 15 is 0 Å². The van der Waals surface area contributed by atoms with Gasteiger partial charge in [-0.15, -0.1) is 11.6 Å². The lowest BCUT2D eigenvalue weighted by Crippen LogP contribution is -2.37. The third-order valence-electron chi connectivity index (χ3n) is 3.19. The first-order chi connectivity index (χ1) is 7.57. The molecule has 1 atom stereocenters. The van der Waals surface area contributed by atoms with E-state index in [4.69, 9.17) is 11.6 Å². The smallest absolute Gasteiger partial charge is 0.150 e. The Kier molecular flexibility index (Phi) is 6.08. The molecule has 1 aliphatic rings. The number of nitrogens with zero attached hydrogens (tertiary/aromatic N) is 1. The van der Waals surface area contributed by atoms with E-state index in [0.29, 0.717) is 11.7 Å². The van der Waals surface area contributed by atoms with Crippen molar-refractivity contribution < 1.29 is 8.42 Å². The second-order valence-corrected chi connectivity index (χ2v) is 7.33. The maximum atomic E-state index is 11.3. The zero-order chi connectivity index (χ0) is 12.0. The number of hydrogen-bond acceptors (Lipinski definition) is 3. The summed E-state index contributed by atoms with van der Waals surface area (Å²) in [7, 11) is -2.79. The summed E-state index contributed by atoms with van der Waals surface area (Å²) in [6.07, 6.45) is 3.16. The Balaban J connectivity index is 2.22.